The van der Waals surface area contributed by atoms with Gasteiger partial charge in [-0.25, -0.2) is 0 Å². The van der Waals surface area contributed by atoms with Gasteiger partial charge in [0.05, 0.1) is 0 Å². The van der Waals surface area contributed by atoms with Gasteiger partial charge in [-0.05, 0) is 49.4 Å². The molecule has 1 atom stereocenters. The standard InChI is InChI=1S/C16H20BrNO4/c17-13-7-15-14(21-10-22-15)6-12(13)9-18-5-1-2-11(8-18)3-4-16(19)20/h6-7,11H,1-5,8-10H2,(H,19,20). The van der Waals surface area contributed by atoms with Crippen LogP contribution in [0.1, 0.15) is 31.2 Å². The number of fused-ring (bicyclic) bond motifs is 1. The number of carboxylic acid groups (broad SMARTS) is 1. The van der Waals surface area contributed by atoms with Gasteiger partial charge in [0, 0.05) is 24.0 Å². The second kappa shape index (κ2) is 6.87. The highest BCUT2D eigenvalue weighted by molar-refractivity contribution is 9.10. The normalized spacial score (nSPS) is 21.0. The molecule has 22 heavy (non-hydrogen) atoms. The highest BCUT2D eigenvalue weighted by atomic mass is 79.9. The van der Waals surface area contributed by atoms with E-state index in [0.717, 1.165) is 54.9 Å². The number of benzene rings is 1. The lowest BCUT2D eigenvalue weighted by Crippen LogP contribution is -2.35. The SMILES string of the molecule is O=C(O)CCC1CCCN(Cc2cc3c(cc2Br)OCO3)C1. The average Bonchev–Trinajstić information content (AvgIpc) is 2.93. The minimum Gasteiger partial charge on any atom is -0.481 e. The van der Waals surface area contributed by atoms with E-state index in [-0.39, 0.29) is 13.2 Å². The zero-order valence-electron chi connectivity index (χ0n) is 12.4. The van der Waals surface area contributed by atoms with Gasteiger partial charge >= 0.3 is 5.97 Å². The Hall–Kier alpha value is -1.27. The Balaban J connectivity index is 1.62. The molecule has 1 fully saturated rings. The summed E-state index contributed by atoms with van der Waals surface area (Å²) in [4.78, 5) is 13.1. The highest BCUT2D eigenvalue weighted by Gasteiger charge is 2.22. The van der Waals surface area contributed by atoms with Crippen molar-refractivity contribution in [3.63, 3.8) is 0 Å². The van der Waals surface area contributed by atoms with Gasteiger partial charge < -0.3 is 14.6 Å². The summed E-state index contributed by atoms with van der Waals surface area (Å²) in [7, 11) is 0. The maximum Gasteiger partial charge on any atom is 0.303 e. The summed E-state index contributed by atoms with van der Waals surface area (Å²) in [6.45, 7) is 3.16. The first-order valence-corrected chi connectivity index (χ1v) is 8.43. The van der Waals surface area contributed by atoms with Crippen molar-refractivity contribution in [3.05, 3.63) is 22.2 Å². The number of halogens is 1. The van der Waals surface area contributed by atoms with Crippen LogP contribution >= 0.6 is 15.9 Å². The van der Waals surface area contributed by atoms with Crippen LogP contribution in [0.3, 0.4) is 0 Å². The van der Waals surface area contributed by atoms with E-state index >= 15 is 0 Å². The molecule has 1 saturated heterocycles. The van der Waals surface area contributed by atoms with Gasteiger partial charge in [-0.3, -0.25) is 9.69 Å². The van der Waals surface area contributed by atoms with E-state index in [1.165, 1.54) is 5.56 Å². The van der Waals surface area contributed by atoms with Gasteiger partial charge in [0.2, 0.25) is 6.79 Å². The first-order chi connectivity index (χ1) is 10.6. The van der Waals surface area contributed by atoms with Crippen molar-refractivity contribution in [2.45, 2.75) is 32.2 Å². The van der Waals surface area contributed by atoms with E-state index in [1.807, 2.05) is 12.1 Å². The number of likely N-dealkylation sites (tertiary alicyclic amines) is 1. The molecule has 5 nitrogen and oxygen atoms in total. The van der Waals surface area contributed by atoms with Crippen molar-refractivity contribution >= 4 is 21.9 Å². The molecule has 0 saturated carbocycles. The van der Waals surface area contributed by atoms with Crippen LogP contribution in [0.15, 0.2) is 16.6 Å². The van der Waals surface area contributed by atoms with E-state index in [0.29, 0.717) is 5.92 Å². The molecule has 0 aromatic heterocycles. The van der Waals surface area contributed by atoms with Gasteiger partial charge in [0.15, 0.2) is 11.5 Å². The quantitative estimate of drug-likeness (QED) is 0.862. The number of carbonyl (C=O) groups is 1. The first kappa shape index (κ1) is 15.6. The molecule has 1 aromatic rings. The van der Waals surface area contributed by atoms with Crippen molar-refractivity contribution in [1.29, 1.82) is 0 Å². The number of rotatable bonds is 5. The Bertz CT molecular complexity index is 563. The van der Waals surface area contributed by atoms with Crippen molar-refractivity contribution in [1.82, 2.24) is 4.90 Å². The number of nitrogens with zero attached hydrogens (tertiary/aromatic N) is 1. The fourth-order valence-corrected chi connectivity index (χ4v) is 3.63. The summed E-state index contributed by atoms with van der Waals surface area (Å²) in [5.41, 5.74) is 1.18. The fraction of sp³-hybridized carbons (Fsp3) is 0.562. The lowest BCUT2D eigenvalue weighted by Gasteiger charge is -2.32. The molecule has 0 aliphatic carbocycles. The summed E-state index contributed by atoms with van der Waals surface area (Å²) in [5, 5.41) is 8.83. The van der Waals surface area contributed by atoms with Crippen LogP contribution in [0, 0.1) is 5.92 Å². The van der Waals surface area contributed by atoms with Crippen molar-refractivity contribution < 1.29 is 19.4 Å². The zero-order valence-corrected chi connectivity index (χ0v) is 14.0. The molecule has 120 valence electrons. The molecule has 0 spiro atoms. The monoisotopic (exact) mass is 369 g/mol. The number of hydrogen-bond acceptors (Lipinski definition) is 4. The molecule has 1 unspecified atom stereocenters. The number of hydrogen-bond donors (Lipinski definition) is 1. The molecular weight excluding hydrogens is 350 g/mol. The second-order valence-electron chi connectivity index (χ2n) is 5.97. The van der Waals surface area contributed by atoms with Crippen molar-refractivity contribution in [2.75, 3.05) is 19.9 Å². The molecule has 0 amide bonds. The number of aliphatic carboxylic acids is 1. The summed E-state index contributed by atoms with van der Waals surface area (Å²) < 4.78 is 11.8. The summed E-state index contributed by atoms with van der Waals surface area (Å²) in [6, 6.07) is 4.00. The maximum atomic E-state index is 10.7. The molecule has 2 aliphatic heterocycles. The Morgan fingerprint density at radius 3 is 2.91 bits per heavy atom. The van der Waals surface area contributed by atoms with E-state index in [1.54, 1.807) is 0 Å². The first-order valence-electron chi connectivity index (χ1n) is 7.64. The van der Waals surface area contributed by atoms with Crippen LogP contribution in [-0.2, 0) is 11.3 Å². The third-order valence-corrected chi connectivity index (χ3v) is 5.04. The number of piperidine rings is 1. The molecule has 2 aliphatic rings. The van der Waals surface area contributed by atoms with Crippen molar-refractivity contribution in [2.24, 2.45) is 5.92 Å². The van der Waals surface area contributed by atoms with Crippen LogP contribution in [0.5, 0.6) is 11.5 Å². The Morgan fingerprint density at radius 2 is 2.14 bits per heavy atom. The molecule has 0 bridgehead atoms. The third-order valence-electron chi connectivity index (χ3n) is 4.31. The van der Waals surface area contributed by atoms with Gasteiger partial charge in [-0.15, -0.1) is 0 Å². The largest absolute Gasteiger partial charge is 0.481 e. The lowest BCUT2D eigenvalue weighted by atomic mass is 9.93. The highest BCUT2D eigenvalue weighted by Crippen LogP contribution is 2.37. The van der Waals surface area contributed by atoms with Crippen LogP contribution in [0.2, 0.25) is 0 Å². The van der Waals surface area contributed by atoms with E-state index in [9.17, 15) is 4.79 Å². The molecular formula is C16H20BrNO4. The van der Waals surface area contributed by atoms with Gasteiger partial charge in [-0.2, -0.15) is 0 Å². The molecule has 1 N–H and O–H groups in total. The molecule has 1 aromatic carbocycles. The number of carboxylic acids is 1. The average molecular weight is 370 g/mol. The molecule has 0 radical (unpaired) electrons. The molecule has 6 heteroatoms. The smallest absolute Gasteiger partial charge is 0.303 e. The third kappa shape index (κ3) is 3.73. The minimum atomic E-state index is -0.698. The second-order valence-corrected chi connectivity index (χ2v) is 6.83. The minimum absolute atomic E-state index is 0.270. The van der Waals surface area contributed by atoms with Crippen LogP contribution in [0.25, 0.3) is 0 Å². The van der Waals surface area contributed by atoms with E-state index < -0.39 is 5.97 Å². The van der Waals surface area contributed by atoms with Gasteiger partial charge in [0.1, 0.15) is 0 Å². The zero-order chi connectivity index (χ0) is 15.5. The predicted octanol–water partition coefficient (Wildman–Crippen LogP) is 3.25. The number of ether oxygens (including phenoxy) is 2. The Kier molecular flexibility index (Phi) is 4.88. The molecule has 2 heterocycles. The summed E-state index contributed by atoms with van der Waals surface area (Å²) in [5.74, 6) is 1.37. The topological polar surface area (TPSA) is 59.0 Å². The van der Waals surface area contributed by atoms with Crippen LogP contribution in [0.4, 0.5) is 0 Å². The summed E-state index contributed by atoms with van der Waals surface area (Å²) in [6.07, 6.45) is 3.30. The predicted molar refractivity (Wildman–Crippen MR) is 85.1 cm³/mol. The van der Waals surface area contributed by atoms with E-state index in [2.05, 4.69) is 20.8 Å². The van der Waals surface area contributed by atoms with Crippen LogP contribution < -0.4 is 9.47 Å². The fourth-order valence-electron chi connectivity index (χ4n) is 3.18. The van der Waals surface area contributed by atoms with Gasteiger partial charge in [-0.1, -0.05) is 15.9 Å². The maximum absolute atomic E-state index is 10.7. The Labute approximate surface area is 138 Å². The van der Waals surface area contributed by atoms with Crippen LogP contribution in [-0.4, -0.2) is 35.9 Å². The summed E-state index contributed by atoms with van der Waals surface area (Å²) >= 11 is 3.60. The lowest BCUT2D eigenvalue weighted by molar-refractivity contribution is -0.137. The molecule has 3 rings (SSSR count). The van der Waals surface area contributed by atoms with E-state index in [4.69, 9.17) is 14.6 Å². The van der Waals surface area contributed by atoms with Gasteiger partial charge in [0.25, 0.3) is 0 Å². The van der Waals surface area contributed by atoms with Crippen molar-refractivity contribution in [3.8, 4) is 11.5 Å². The Morgan fingerprint density at radius 1 is 1.36 bits per heavy atom.